The molecule has 0 fully saturated rings. The van der Waals surface area contributed by atoms with Crippen LogP contribution in [0.4, 0.5) is 0 Å². The number of aliphatic hydroxyl groups excluding tert-OH is 1. The van der Waals surface area contributed by atoms with Gasteiger partial charge in [0.25, 0.3) is 0 Å². The lowest BCUT2D eigenvalue weighted by Gasteiger charge is -2.09. The lowest BCUT2D eigenvalue weighted by molar-refractivity contribution is 0.0375. The molecule has 0 aromatic carbocycles. The van der Waals surface area contributed by atoms with Crippen LogP contribution in [-0.2, 0) is 4.74 Å². The summed E-state index contributed by atoms with van der Waals surface area (Å²) in [5.74, 6) is 0. The number of ether oxygens (including phenoxy) is 1. The minimum Gasteiger partial charge on any atom is -0.390 e. The average molecular weight is 158 g/mol. The van der Waals surface area contributed by atoms with Gasteiger partial charge in [-0.05, 0) is 19.8 Å². The molecule has 0 rings (SSSR count). The zero-order chi connectivity index (χ0) is 8.69. The van der Waals surface area contributed by atoms with Gasteiger partial charge in [-0.15, -0.1) is 6.58 Å². The van der Waals surface area contributed by atoms with Crippen molar-refractivity contribution in [2.24, 2.45) is 0 Å². The van der Waals surface area contributed by atoms with E-state index in [0.717, 1.165) is 18.6 Å². The lowest BCUT2D eigenvalue weighted by Crippen LogP contribution is -2.15. The Balaban J connectivity index is 3.22. The van der Waals surface area contributed by atoms with Crippen LogP contribution in [0.15, 0.2) is 12.2 Å². The van der Waals surface area contributed by atoms with Gasteiger partial charge in [0, 0.05) is 6.61 Å². The van der Waals surface area contributed by atoms with Gasteiger partial charge in [-0.3, -0.25) is 0 Å². The highest BCUT2D eigenvalue weighted by molar-refractivity contribution is 4.90. The zero-order valence-corrected chi connectivity index (χ0v) is 7.47. The van der Waals surface area contributed by atoms with E-state index in [9.17, 15) is 5.11 Å². The van der Waals surface area contributed by atoms with Gasteiger partial charge < -0.3 is 9.84 Å². The standard InChI is InChI=1S/C9H18O2/c1-4-5-11-7-9(10)6-8(2)3/h9-10H,2,4-7H2,1,3H3. The maximum absolute atomic E-state index is 9.26. The molecule has 0 heterocycles. The maximum atomic E-state index is 9.26. The highest BCUT2D eigenvalue weighted by Crippen LogP contribution is 2.01. The van der Waals surface area contributed by atoms with Crippen LogP contribution in [0.3, 0.4) is 0 Å². The quantitative estimate of drug-likeness (QED) is 0.471. The lowest BCUT2D eigenvalue weighted by atomic mass is 10.1. The van der Waals surface area contributed by atoms with Crippen molar-refractivity contribution in [2.45, 2.75) is 32.8 Å². The Kier molecular flexibility index (Phi) is 6.18. The van der Waals surface area contributed by atoms with Gasteiger partial charge >= 0.3 is 0 Å². The first-order valence-corrected chi connectivity index (χ1v) is 4.07. The number of hydrogen-bond acceptors (Lipinski definition) is 2. The van der Waals surface area contributed by atoms with Crippen LogP contribution >= 0.6 is 0 Å². The summed E-state index contributed by atoms with van der Waals surface area (Å²) in [5.41, 5.74) is 0.998. The summed E-state index contributed by atoms with van der Waals surface area (Å²) < 4.78 is 5.15. The molecule has 0 saturated carbocycles. The largest absolute Gasteiger partial charge is 0.390 e. The molecule has 1 unspecified atom stereocenters. The van der Waals surface area contributed by atoms with Crippen LogP contribution in [0.5, 0.6) is 0 Å². The van der Waals surface area contributed by atoms with Crippen molar-refractivity contribution in [1.82, 2.24) is 0 Å². The van der Waals surface area contributed by atoms with Crippen LogP contribution in [0.25, 0.3) is 0 Å². The smallest absolute Gasteiger partial charge is 0.0810 e. The molecule has 0 saturated heterocycles. The third kappa shape index (κ3) is 7.56. The van der Waals surface area contributed by atoms with E-state index in [-0.39, 0.29) is 6.10 Å². The van der Waals surface area contributed by atoms with Crippen LogP contribution in [0.1, 0.15) is 26.7 Å². The molecule has 11 heavy (non-hydrogen) atoms. The minimum atomic E-state index is -0.376. The fraction of sp³-hybridized carbons (Fsp3) is 0.778. The van der Waals surface area contributed by atoms with Gasteiger partial charge in [-0.25, -0.2) is 0 Å². The van der Waals surface area contributed by atoms with Crippen molar-refractivity contribution >= 4 is 0 Å². The molecular weight excluding hydrogens is 140 g/mol. The van der Waals surface area contributed by atoms with Gasteiger partial charge in [-0.1, -0.05) is 12.5 Å². The minimum absolute atomic E-state index is 0.376. The number of rotatable bonds is 6. The Labute approximate surface area is 68.9 Å². The van der Waals surface area contributed by atoms with Crippen molar-refractivity contribution in [3.05, 3.63) is 12.2 Å². The maximum Gasteiger partial charge on any atom is 0.0810 e. The van der Waals surface area contributed by atoms with Crippen LogP contribution in [0.2, 0.25) is 0 Å². The third-order valence-electron chi connectivity index (χ3n) is 1.24. The van der Waals surface area contributed by atoms with Gasteiger partial charge in [-0.2, -0.15) is 0 Å². The predicted molar refractivity (Wildman–Crippen MR) is 46.5 cm³/mol. The normalized spacial score (nSPS) is 13.0. The highest BCUT2D eigenvalue weighted by atomic mass is 16.5. The molecule has 0 spiro atoms. The van der Waals surface area contributed by atoms with E-state index in [2.05, 4.69) is 6.58 Å². The summed E-state index contributed by atoms with van der Waals surface area (Å²) in [6, 6.07) is 0. The molecule has 0 aromatic rings. The second-order valence-electron chi connectivity index (χ2n) is 2.89. The second kappa shape index (κ2) is 6.38. The van der Waals surface area contributed by atoms with E-state index < -0.39 is 0 Å². The first-order chi connectivity index (χ1) is 5.16. The summed E-state index contributed by atoms with van der Waals surface area (Å²) in [6.45, 7) is 8.82. The van der Waals surface area contributed by atoms with Crippen LogP contribution < -0.4 is 0 Å². The van der Waals surface area contributed by atoms with Gasteiger partial charge in [0.1, 0.15) is 0 Å². The Hall–Kier alpha value is -0.340. The highest BCUT2D eigenvalue weighted by Gasteiger charge is 2.02. The summed E-state index contributed by atoms with van der Waals surface area (Å²) in [5, 5.41) is 9.26. The Morgan fingerprint density at radius 1 is 1.64 bits per heavy atom. The molecular formula is C9H18O2. The zero-order valence-electron chi connectivity index (χ0n) is 7.47. The first-order valence-electron chi connectivity index (χ1n) is 4.07. The molecule has 0 aromatic heterocycles. The summed E-state index contributed by atoms with van der Waals surface area (Å²) in [4.78, 5) is 0. The topological polar surface area (TPSA) is 29.5 Å². The molecule has 0 bridgehead atoms. The predicted octanol–water partition coefficient (Wildman–Crippen LogP) is 1.74. The third-order valence-corrected chi connectivity index (χ3v) is 1.24. The van der Waals surface area contributed by atoms with E-state index in [1.54, 1.807) is 0 Å². The number of hydrogen-bond donors (Lipinski definition) is 1. The van der Waals surface area contributed by atoms with E-state index in [4.69, 9.17) is 4.74 Å². The second-order valence-corrected chi connectivity index (χ2v) is 2.89. The molecule has 66 valence electrons. The molecule has 0 amide bonds. The summed E-state index contributed by atoms with van der Waals surface area (Å²) in [7, 11) is 0. The Bertz CT molecular complexity index is 110. The Morgan fingerprint density at radius 2 is 2.27 bits per heavy atom. The van der Waals surface area contributed by atoms with Crippen molar-refractivity contribution in [3.8, 4) is 0 Å². The molecule has 0 aliphatic heterocycles. The van der Waals surface area contributed by atoms with Crippen molar-refractivity contribution in [3.63, 3.8) is 0 Å². The average Bonchev–Trinajstić information content (AvgIpc) is 1.86. The van der Waals surface area contributed by atoms with E-state index in [1.165, 1.54) is 0 Å². The fourth-order valence-corrected chi connectivity index (χ4v) is 0.825. The molecule has 1 atom stereocenters. The monoisotopic (exact) mass is 158 g/mol. The molecule has 0 aliphatic rings. The summed E-state index contributed by atoms with van der Waals surface area (Å²) >= 11 is 0. The van der Waals surface area contributed by atoms with E-state index in [1.807, 2.05) is 13.8 Å². The molecule has 0 radical (unpaired) electrons. The SMILES string of the molecule is C=C(C)CC(O)COCCC. The molecule has 0 aliphatic carbocycles. The molecule has 2 heteroatoms. The van der Waals surface area contributed by atoms with Gasteiger partial charge in [0.15, 0.2) is 0 Å². The molecule has 2 nitrogen and oxygen atoms in total. The van der Waals surface area contributed by atoms with Crippen molar-refractivity contribution in [2.75, 3.05) is 13.2 Å². The van der Waals surface area contributed by atoms with E-state index in [0.29, 0.717) is 13.0 Å². The van der Waals surface area contributed by atoms with Crippen molar-refractivity contribution in [1.29, 1.82) is 0 Å². The van der Waals surface area contributed by atoms with E-state index >= 15 is 0 Å². The van der Waals surface area contributed by atoms with Gasteiger partial charge in [0.2, 0.25) is 0 Å². The Morgan fingerprint density at radius 3 is 2.73 bits per heavy atom. The summed E-state index contributed by atoms with van der Waals surface area (Å²) in [6.07, 6.45) is 1.27. The number of aliphatic hydroxyl groups is 1. The van der Waals surface area contributed by atoms with Gasteiger partial charge in [0.05, 0.1) is 12.7 Å². The van der Waals surface area contributed by atoms with Crippen molar-refractivity contribution < 1.29 is 9.84 Å². The van der Waals surface area contributed by atoms with Crippen LogP contribution in [0, 0.1) is 0 Å². The van der Waals surface area contributed by atoms with Crippen LogP contribution in [-0.4, -0.2) is 24.4 Å². The first kappa shape index (κ1) is 10.7. The molecule has 1 N–H and O–H groups in total. The fourth-order valence-electron chi connectivity index (χ4n) is 0.825.